The third-order valence-corrected chi connectivity index (χ3v) is 2.26. The Morgan fingerprint density at radius 1 is 1.33 bits per heavy atom. The predicted octanol–water partition coefficient (Wildman–Crippen LogP) is 2.53. The molecular weight excluding hydrogens is 223 g/mol. The highest BCUT2D eigenvalue weighted by Gasteiger charge is 2.03. The molecule has 0 saturated heterocycles. The molecule has 0 aliphatic carbocycles. The summed E-state index contributed by atoms with van der Waals surface area (Å²) in [7, 11) is 0. The first-order valence-corrected chi connectivity index (χ1v) is 4.12. The van der Waals surface area contributed by atoms with Gasteiger partial charge in [-0.05, 0) is 12.1 Å². The van der Waals surface area contributed by atoms with Crippen molar-refractivity contribution < 1.29 is 4.39 Å². The molecule has 0 aliphatic rings. The Labute approximate surface area is 76.6 Å². The number of halogens is 2. The molecule has 0 atom stereocenters. The van der Waals surface area contributed by atoms with Gasteiger partial charge in [0.1, 0.15) is 17.7 Å². The van der Waals surface area contributed by atoms with E-state index in [1.807, 2.05) is 0 Å². The van der Waals surface area contributed by atoms with E-state index in [1.54, 1.807) is 12.3 Å². The van der Waals surface area contributed by atoms with E-state index in [9.17, 15) is 4.39 Å². The summed E-state index contributed by atoms with van der Waals surface area (Å²) in [5.41, 5.74) is 0.347. The number of rotatable bonds is 0. The molecule has 2 rings (SSSR count). The van der Waals surface area contributed by atoms with Crippen LogP contribution in [-0.2, 0) is 0 Å². The molecule has 12 heavy (non-hydrogen) atoms. The van der Waals surface area contributed by atoms with Crippen LogP contribution in [0.2, 0.25) is 0 Å². The van der Waals surface area contributed by atoms with Crippen LogP contribution >= 0.6 is 15.9 Å². The van der Waals surface area contributed by atoms with E-state index in [4.69, 9.17) is 0 Å². The van der Waals surface area contributed by atoms with Gasteiger partial charge in [0, 0.05) is 16.1 Å². The molecule has 0 bridgehead atoms. The minimum Gasteiger partial charge on any atom is -0.244 e. The Bertz CT molecular complexity index is 390. The maximum Gasteiger partial charge on any atom is 0.149 e. The average molecular weight is 227 g/mol. The van der Waals surface area contributed by atoms with E-state index in [0.29, 0.717) is 10.9 Å². The average Bonchev–Trinajstić information content (AvgIpc) is 2.12. The zero-order valence-electron chi connectivity index (χ0n) is 5.96. The monoisotopic (exact) mass is 226 g/mol. The van der Waals surface area contributed by atoms with Crippen LogP contribution in [0.5, 0.6) is 0 Å². The molecule has 0 aliphatic heterocycles. The molecule has 1 heterocycles. The van der Waals surface area contributed by atoms with Crippen LogP contribution in [0.1, 0.15) is 0 Å². The quantitative estimate of drug-likeness (QED) is 0.691. The number of aromatic nitrogens is 2. The number of benzene rings is 1. The van der Waals surface area contributed by atoms with Gasteiger partial charge in [-0.1, -0.05) is 15.9 Å². The summed E-state index contributed by atoms with van der Waals surface area (Å²) in [4.78, 5) is 7.63. The molecule has 1 aromatic heterocycles. The Balaban J connectivity index is 2.95. The van der Waals surface area contributed by atoms with Crippen molar-refractivity contribution in [1.82, 2.24) is 9.97 Å². The summed E-state index contributed by atoms with van der Waals surface area (Å²) in [6.45, 7) is 0. The molecule has 2 nitrogen and oxygen atoms in total. The Kier molecular flexibility index (Phi) is 1.77. The third kappa shape index (κ3) is 1.08. The van der Waals surface area contributed by atoms with E-state index < -0.39 is 0 Å². The number of fused-ring (bicyclic) bond motifs is 1. The zero-order valence-corrected chi connectivity index (χ0v) is 7.55. The highest BCUT2D eigenvalue weighted by molar-refractivity contribution is 9.10. The molecule has 1 aromatic carbocycles. The van der Waals surface area contributed by atoms with Crippen LogP contribution in [0.4, 0.5) is 4.39 Å². The van der Waals surface area contributed by atoms with Gasteiger partial charge in [0.25, 0.3) is 0 Å². The lowest BCUT2D eigenvalue weighted by atomic mass is 10.2. The fourth-order valence-corrected chi connectivity index (χ4v) is 1.43. The topological polar surface area (TPSA) is 25.8 Å². The second-order valence-electron chi connectivity index (χ2n) is 2.31. The maximum atomic E-state index is 13.1. The first kappa shape index (κ1) is 7.61. The Hall–Kier alpha value is -1.03. The zero-order chi connectivity index (χ0) is 8.55. The molecule has 0 radical (unpaired) electrons. The molecule has 0 saturated carbocycles. The van der Waals surface area contributed by atoms with E-state index in [-0.39, 0.29) is 5.82 Å². The van der Waals surface area contributed by atoms with Crippen LogP contribution in [0.15, 0.2) is 29.1 Å². The Morgan fingerprint density at radius 3 is 2.92 bits per heavy atom. The summed E-state index contributed by atoms with van der Waals surface area (Å²) in [6.07, 6.45) is 2.91. The van der Waals surface area contributed by atoms with Crippen LogP contribution in [0.25, 0.3) is 10.9 Å². The van der Waals surface area contributed by atoms with Crippen LogP contribution in [0.3, 0.4) is 0 Å². The lowest BCUT2D eigenvalue weighted by Gasteiger charge is -1.98. The first-order valence-electron chi connectivity index (χ1n) is 3.33. The van der Waals surface area contributed by atoms with Crippen LogP contribution in [0, 0.1) is 5.82 Å². The van der Waals surface area contributed by atoms with Crippen LogP contribution < -0.4 is 0 Å². The van der Waals surface area contributed by atoms with Gasteiger partial charge in [0.05, 0.1) is 0 Å². The minimum absolute atomic E-state index is 0.324. The molecule has 0 fully saturated rings. The van der Waals surface area contributed by atoms with Crippen molar-refractivity contribution in [3.05, 3.63) is 34.9 Å². The Morgan fingerprint density at radius 2 is 2.17 bits per heavy atom. The second-order valence-corrected chi connectivity index (χ2v) is 3.17. The SMILES string of the molecule is Fc1ccc(Br)c2cncnc12. The van der Waals surface area contributed by atoms with Gasteiger partial charge < -0.3 is 0 Å². The van der Waals surface area contributed by atoms with Gasteiger partial charge in [-0.25, -0.2) is 14.4 Å². The molecule has 0 N–H and O–H groups in total. The van der Waals surface area contributed by atoms with Crippen molar-refractivity contribution in [2.45, 2.75) is 0 Å². The second kappa shape index (κ2) is 2.79. The van der Waals surface area contributed by atoms with Crippen LogP contribution in [-0.4, -0.2) is 9.97 Å². The van der Waals surface area contributed by atoms with E-state index in [2.05, 4.69) is 25.9 Å². The summed E-state index contributed by atoms with van der Waals surface area (Å²) >= 11 is 3.28. The van der Waals surface area contributed by atoms with Gasteiger partial charge in [0.2, 0.25) is 0 Å². The summed E-state index contributed by atoms with van der Waals surface area (Å²) < 4.78 is 13.9. The minimum atomic E-state index is -0.324. The van der Waals surface area contributed by atoms with Gasteiger partial charge in [-0.2, -0.15) is 0 Å². The van der Waals surface area contributed by atoms with E-state index in [0.717, 1.165) is 4.47 Å². The van der Waals surface area contributed by atoms with Crippen molar-refractivity contribution in [2.24, 2.45) is 0 Å². The molecule has 2 aromatic rings. The normalized spacial score (nSPS) is 10.5. The highest BCUT2D eigenvalue weighted by atomic mass is 79.9. The van der Waals surface area contributed by atoms with Crippen molar-refractivity contribution in [3.63, 3.8) is 0 Å². The van der Waals surface area contributed by atoms with Crippen molar-refractivity contribution >= 4 is 26.8 Å². The smallest absolute Gasteiger partial charge is 0.149 e. The molecule has 0 amide bonds. The van der Waals surface area contributed by atoms with E-state index >= 15 is 0 Å². The largest absolute Gasteiger partial charge is 0.244 e. The van der Waals surface area contributed by atoms with Gasteiger partial charge >= 0.3 is 0 Å². The highest BCUT2D eigenvalue weighted by Crippen LogP contribution is 2.22. The van der Waals surface area contributed by atoms with Gasteiger partial charge in [-0.3, -0.25) is 0 Å². The molecule has 4 heteroatoms. The van der Waals surface area contributed by atoms with Crippen molar-refractivity contribution in [1.29, 1.82) is 0 Å². The lowest BCUT2D eigenvalue weighted by molar-refractivity contribution is 0.636. The van der Waals surface area contributed by atoms with Gasteiger partial charge in [-0.15, -0.1) is 0 Å². The number of nitrogens with zero attached hydrogens (tertiary/aromatic N) is 2. The molecule has 60 valence electrons. The number of hydrogen-bond donors (Lipinski definition) is 0. The van der Waals surface area contributed by atoms with E-state index in [1.165, 1.54) is 12.4 Å². The van der Waals surface area contributed by atoms with Gasteiger partial charge in [0.15, 0.2) is 0 Å². The molecule has 0 unspecified atom stereocenters. The van der Waals surface area contributed by atoms with Crippen molar-refractivity contribution in [2.75, 3.05) is 0 Å². The predicted molar refractivity (Wildman–Crippen MR) is 47.2 cm³/mol. The summed E-state index contributed by atoms with van der Waals surface area (Å²) in [5.74, 6) is -0.324. The third-order valence-electron chi connectivity index (χ3n) is 1.57. The number of hydrogen-bond acceptors (Lipinski definition) is 2. The summed E-state index contributed by atoms with van der Waals surface area (Å²) in [6, 6.07) is 3.01. The molecule has 0 spiro atoms. The fraction of sp³-hybridized carbons (Fsp3) is 0. The fourth-order valence-electron chi connectivity index (χ4n) is 1.01. The standard InChI is InChI=1S/C8H4BrFN2/c9-6-1-2-7(10)8-5(6)3-11-4-12-8/h1-4H. The molecular formula is C8H4BrFN2. The maximum absolute atomic E-state index is 13.1. The van der Waals surface area contributed by atoms with Crippen molar-refractivity contribution in [3.8, 4) is 0 Å². The lowest BCUT2D eigenvalue weighted by Crippen LogP contribution is -1.85. The summed E-state index contributed by atoms with van der Waals surface area (Å²) in [5, 5.41) is 0.692. The first-order chi connectivity index (χ1) is 5.79.